The molecule has 0 saturated carbocycles. The SMILES string of the molecule is O=C(O)CCNC(=O)c1ccc(N2CCN(C3CCNCC3)CC2)cc1C(F)(F)F. The Morgan fingerprint density at radius 2 is 1.80 bits per heavy atom. The minimum atomic E-state index is -4.69. The van der Waals surface area contributed by atoms with Gasteiger partial charge in [-0.05, 0) is 44.1 Å². The maximum atomic E-state index is 13.6. The van der Waals surface area contributed by atoms with Crippen LogP contribution in [0.25, 0.3) is 0 Å². The highest BCUT2D eigenvalue weighted by Gasteiger charge is 2.36. The highest BCUT2D eigenvalue weighted by atomic mass is 19.4. The van der Waals surface area contributed by atoms with Crippen molar-refractivity contribution in [3.63, 3.8) is 0 Å². The quantitative estimate of drug-likeness (QED) is 0.641. The van der Waals surface area contributed by atoms with E-state index in [0.717, 1.165) is 45.1 Å². The summed E-state index contributed by atoms with van der Waals surface area (Å²) in [6.07, 6.45) is -2.87. The van der Waals surface area contributed by atoms with Gasteiger partial charge in [-0.15, -0.1) is 0 Å². The van der Waals surface area contributed by atoms with E-state index in [1.807, 2.05) is 4.90 Å². The van der Waals surface area contributed by atoms with Crippen LogP contribution >= 0.6 is 0 Å². The average Bonchev–Trinajstić information content (AvgIpc) is 2.73. The predicted molar refractivity (Wildman–Crippen MR) is 106 cm³/mol. The average molecular weight is 428 g/mol. The Labute approximate surface area is 173 Å². The highest BCUT2D eigenvalue weighted by molar-refractivity contribution is 5.96. The van der Waals surface area contributed by atoms with Crippen LogP contribution in [-0.2, 0) is 11.0 Å². The number of aliphatic carboxylic acids is 1. The van der Waals surface area contributed by atoms with Crippen LogP contribution in [0.1, 0.15) is 35.2 Å². The smallest absolute Gasteiger partial charge is 0.417 e. The number of rotatable bonds is 6. The monoisotopic (exact) mass is 428 g/mol. The third-order valence-corrected chi connectivity index (χ3v) is 5.68. The molecule has 0 spiro atoms. The lowest BCUT2D eigenvalue weighted by Crippen LogP contribution is -2.52. The van der Waals surface area contributed by atoms with Gasteiger partial charge >= 0.3 is 12.1 Å². The van der Waals surface area contributed by atoms with Gasteiger partial charge in [0, 0.05) is 44.5 Å². The van der Waals surface area contributed by atoms with Crippen molar-refractivity contribution < 1.29 is 27.9 Å². The van der Waals surface area contributed by atoms with Crippen molar-refractivity contribution in [3.8, 4) is 0 Å². The number of piperidine rings is 1. The normalized spacial score (nSPS) is 19.0. The number of hydrogen-bond donors (Lipinski definition) is 3. The molecule has 1 amide bonds. The Morgan fingerprint density at radius 3 is 2.40 bits per heavy atom. The third kappa shape index (κ3) is 5.63. The summed E-state index contributed by atoms with van der Waals surface area (Å²) in [6, 6.07) is 4.25. The highest BCUT2D eigenvalue weighted by Crippen LogP contribution is 2.35. The second-order valence-corrected chi connectivity index (χ2v) is 7.63. The van der Waals surface area contributed by atoms with Crippen molar-refractivity contribution >= 4 is 17.6 Å². The van der Waals surface area contributed by atoms with Gasteiger partial charge in [0.25, 0.3) is 5.91 Å². The van der Waals surface area contributed by atoms with E-state index in [1.165, 1.54) is 12.1 Å². The first kappa shape index (κ1) is 22.4. The molecule has 0 bridgehead atoms. The summed E-state index contributed by atoms with van der Waals surface area (Å²) in [4.78, 5) is 27.0. The molecule has 2 fully saturated rings. The molecule has 1 aromatic rings. The van der Waals surface area contributed by atoms with Crippen molar-refractivity contribution in [2.75, 3.05) is 50.7 Å². The van der Waals surface area contributed by atoms with Crippen LogP contribution in [0.3, 0.4) is 0 Å². The van der Waals surface area contributed by atoms with Crippen molar-refractivity contribution in [2.24, 2.45) is 0 Å². The topological polar surface area (TPSA) is 84.9 Å². The molecule has 2 heterocycles. The molecule has 166 valence electrons. The molecular weight excluding hydrogens is 401 g/mol. The lowest BCUT2D eigenvalue weighted by atomic mass is 10.0. The number of amides is 1. The van der Waals surface area contributed by atoms with Crippen LogP contribution in [-0.4, -0.2) is 73.7 Å². The number of carbonyl (C=O) groups excluding carboxylic acids is 1. The Kier molecular flexibility index (Phi) is 7.19. The first-order valence-corrected chi connectivity index (χ1v) is 10.2. The van der Waals surface area contributed by atoms with E-state index < -0.39 is 29.2 Å². The summed E-state index contributed by atoms with van der Waals surface area (Å²) in [5.74, 6) is -2.06. The summed E-state index contributed by atoms with van der Waals surface area (Å²) < 4.78 is 40.8. The molecule has 0 atom stereocenters. The molecule has 30 heavy (non-hydrogen) atoms. The van der Waals surface area contributed by atoms with Crippen molar-refractivity contribution in [1.29, 1.82) is 0 Å². The van der Waals surface area contributed by atoms with Crippen molar-refractivity contribution in [2.45, 2.75) is 31.5 Å². The molecule has 3 rings (SSSR count). The van der Waals surface area contributed by atoms with Gasteiger partial charge in [-0.3, -0.25) is 14.5 Å². The second kappa shape index (κ2) is 9.65. The Morgan fingerprint density at radius 1 is 1.13 bits per heavy atom. The van der Waals surface area contributed by atoms with E-state index >= 15 is 0 Å². The van der Waals surface area contributed by atoms with Gasteiger partial charge in [0.05, 0.1) is 17.5 Å². The summed E-state index contributed by atoms with van der Waals surface area (Å²) in [5, 5.41) is 14.2. The number of hydrogen-bond acceptors (Lipinski definition) is 5. The Bertz CT molecular complexity index is 758. The Balaban J connectivity index is 1.69. The fourth-order valence-electron chi connectivity index (χ4n) is 4.06. The largest absolute Gasteiger partial charge is 0.481 e. The van der Waals surface area contributed by atoms with Crippen molar-refractivity contribution in [1.82, 2.24) is 15.5 Å². The molecule has 2 aliphatic rings. The first-order chi connectivity index (χ1) is 14.3. The molecule has 0 radical (unpaired) electrons. The lowest BCUT2D eigenvalue weighted by Gasteiger charge is -2.41. The van der Waals surface area contributed by atoms with Crippen molar-refractivity contribution in [3.05, 3.63) is 29.3 Å². The molecule has 0 aromatic heterocycles. The molecule has 10 heteroatoms. The zero-order chi connectivity index (χ0) is 21.7. The fraction of sp³-hybridized carbons (Fsp3) is 0.600. The zero-order valence-corrected chi connectivity index (χ0v) is 16.7. The van der Waals surface area contributed by atoms with Crippen LogP contribution in [0.4, 0.5) is 18.9 Å². The number of nitrogens with one attached hydrogen (secondary N) is 2. The number of anilines is 1. The van der Waals surface area contributed by atoms with Crippen LogP contribution in [0.2, 0.25) is 0 Å². The van der Waals surface area contributed by atoms with Crippen LogP contribution in [0.5, 0.6) is 0 Å². The number of halogens is 3. The molecule has 0 unspecified atom stereocenters. The number of carboxylic acids is 1. The number of nitrogens with zero attached hydrogens (tertiary/aromatic N) is 2. The van der Waals surface area contributed by atoms with E-state index in [4.69, 9.17) is 5.11 Å². The fourth-order valence-corrected chi connectivity index (χ4v) is 4.06. The number of carboxylic acid groups (broad SMARTS) is 1. The van der Waals surface area contributed by atoms with E-state index in [9.17, 15) is 22.8 Å². The maximum Gasteiger partial charge on any atom is 0.417 e. The van der Waals surface area contributed by atoms with Gasteiger partial charge in [-0.2, -0.15) is 13.2 Å². The van der Waals surface area contributed by atoms with Gasteiger partial charge in [-0.1, -0.05) is 0 Å². The van der Waals surface area contributed by atoms with E-state index in [1.54, 1.807) is 0 Å². The summed E-state index contributed by atoms with van der Waals surface area (Å²) in [7, 11) is 0. The zero-order valence-electron chi connectivity index (χ0n) is 16.7. The van der Waals surface area contributed by atoms with Gasteiger partial charge in [-0.25, -0.2) is 0 Å². The molecule has 0 aliphatic carbocycles. The van der Waals surface area contributed by atoms with Crippen LogP contribution in [0, 0.1) is 0 Å². The predicted octanol–water partition coefficient (Wildman–Crippen LogP) is 1.78. The molecule has 7 nitrogen and oxygen atoms in total. The van der Waals surface area contributed by atoms with E-state index in [-0.39, 0.29) is 13.0 Å². The first-order valence-electron chi connectivity index (χ1n) is 10.2. The lowest BCUT2D eigenvalue weighted by molar-refractivity contribution is -0.138. The second-order valence-electron chi connectivity index (χ2n) is 7.63. The molecule has 1 aromatic carbocycles. The molecule has 2 saturated heterocycles. The van der Waals surface area contributed by atoms with Crippen LogP contribution < -0.4 is 15.5 Å². The summed E-state index contributed by atoms with van der Waals surface area (Å²) >= 11 is 0. The maximum absolute atomic E-state index is 13.6. The number of carbonyl (C=O) groups is 2. The van der Waals surface area contributed by atoms with E-state index in [2.05, 4.69) is 15.5 Å². The van der Waals surface area contributed by atoms with Gasteiger partial charge in [0.1, 0.15) is 0 Å². The number of alkyl halides is 3. The number of benzene rings is 1. The van der Waals surface area contributed by atoms with Gasteiger partial charge in [0.15, 0.2) is 0 Å². The molecular formula is C20H27F3N4O3. The molecule has 3 N–H and O–H groups in total. The van der Waals surface area contributed by atoms with Gasteiger partial charge < -0.3 is 20.6 Å². The minimum Gasteiger partial charge on any atom is -0.481 e. The minimum absolute atomic E-state index is 0.230. The Hall–Kier alpha value is -2.33. The third-order valence-electron chi connectivity index (χ3n) is 5.68. The molecule has 2 aliphatic heterocycles. The summed E-state index contributed by atoms with van der Waals surface area (Å²) in [5.41, 5.74) is -1.06. The van der Waals surface area contributed by atoms with Gasteiger partial charge in [0.2, 0.25) is 0 Å². The summed E-state index contributed by atoms with van der Waals surface area (Å²) in [6.45, 7) is 4.61. The van der Waals surface area contributed by atoms with Crippen LogP contribution in [0.15, 0.2) is 18.2 Å². The van der Waals surface area contributed by atoms with E-state index in [0.29, 0.717) is 24.8 Å². The number of piperazine rings is 1. The standard InChI is InChI=1S/C20H27F3N4O3/c21-20(22,23)17-13-15(1-2-16(17)19(30)25-8-5-18(28)29)27-11-9-26(10-12-27)14-3-6-24-7-4-14/h1-2,13-14,24H,3-12H2,(H,25,30)(H,28,29).